The third-order valence-corrected chi connectivity index (χ3v) is 5.11. The molecular formula is C19H14N2O3S. The average molecular weight is 350 g/mol. The zero-order chi connectivity index (χ0) is 17.6. The Kier molecular flexibility index (Phi) is 3.62. The highest BCUT2D eigenvalue weighted by Crippen LogP contribution is 2.28. The third kappa shape index (κ3) is 2.60. The number of nitrogens with zero attached hydrogens (tertiary/aromatic N) is 2. The van der Waals surface area contributed by atoms with E-state index in [9.17, 15) is 14.7 Å². The summed E-state index contributed by atoms with van der Waals surface area (Å²) in [4.78, 5) is 28.6. The number of hydrogen-bond acceptors (Lipinski definition) is 4. The third-order valence-electron chi connectivity index (χ3n) is 4.13. The molecule has 6 heteroatoms. The van der Waals surface area contributed by atoms with E-state index in [1.165, 1.54) is 4.57 Å². The summed E-state index contributed by atoms with van der Waals surface area (Å²) in [6.45, 7) is 2.22. The van der Waals surface area contributed by atoms with E-state index in [1.807, 2.05) is 31.2 Å². The Balaban J connectivity index is 1.86. The van der Waals surface area contributed by atoms with Crippen LogP contribution in [0.25, 0.3) is 5.57 Å². The Hall–Kier alpha value is -2.99. The van der Waals surface area contributed by atoms with Gasteiger partial charge < -0.3 is 5.11 Å². The van der Waals surface area contributed by atoms with Gasteiger partial charge in [0.15, 0.2) is 0 Å². The van der Waals surface area contributed by atoms with E-state index < -0.39 is 5.91 Å². The molecule has 124 valence electrons. The van der Waals surface area contributed by atoms with Crippen LogP contribution < -0.4 is 15.4 Å². The number of rotatable bonds is 3. The maximum Gasteiger partial charge on any atom is 0.310 e. The summed E-state index contributed by atoms with van der Waals surface area (Å²) in [6.07, 6.45) is 0. The molecule has 1 N–H and O–H groups in total. The molecule has 25 heavy (non-hydrogen) atoms. The molecule has 0 radical (unpaired) electrons. The van der Waals surface area contributed by atoms with Crippen molar-refractivity contribution in [2.75, 3.05) is 0 Å². The highest BCUT2D eigenvalue weighted by atomic mass is 32.1. The average Bonchev–Trinajstić information content (AvgIpc) is 3.05. The van der Waals surface area contributed by atoms with Crippen molar-refractivity contribution in [2.45, 2.75) is 13.5 Å². The molecule has 0 bridgehead atoms. The van der Waals surface area contributed by atoms with Crippen molar-refractivity contribution < 1.29 is 9.90 Å². The lowest BCUT2D eigenvalue weighted by Crippen LogP contribution is -2.22. The van der Waals surface area contributed by atoms with Crippen LogP contribution in [0.3, 0.4) is 0 Å². The molecule has 0 aliphatic carbocycles. The van der Waals surface area contributed by atoms with Gasteiger partial charge in [-0.2, -0.15) is 0 Å². The fourth-order valence-electron chi connectivity index (χ4n) is 2.97. The van der Waals surface area contributed by atoms with E-state index in [4.69, 9.17) is 0 Å². The topological polar surface area (TPSA) is 71.7 Å². The molecule has 0 saturated carbocycles. The summed E-state index contributed by atoms with van der Waals surface area (Å²) in [6, 6.07) is 14.8. The number of benzene rings is 2. The summed E-state index contributed by atoms with van der Waals surface area (Å²) in [5.41, 5.74) is 2.28. The Labute approximate surface area is 146 Å². The molecule has 3 aromatic rings. The maximum atomic E-state index is 12.4. The van der Waals surface area contributed by atoms with Crippen LogP contribution in [0.1, 0.15) is 16.0 Å². The first-order valence-electron chi connectivity index (χ1n) is 7.75. The summed E-state index contributed by atoms with van der Waals surface area (Å²) in [5, 5.41) is 11.8. The van der Waals surface area contributed by atoms with Crippen molar-refractivity contribution in [2.24, 2.45) is 4.99 Å². The van der Waals surface area contributed by atoms with Crippen molar-refractivity contribution in [3.05, 3.63) is 84.8 Å². The Morgan fingerprint density at radius 1 is 1.12 bits per heavy atom. The van der Waals surface area contributed by atoms with E-state index in [-0.39, 0.29) is 27.7 Å². The highest BCUT2D eigenvalue weighted by Gasteiger charge is 2.25. The van der Waals surface area contributed by atoms with Crippen LogP contribution in [0.2, 0.25) is 0 Å². The predicted molar refractivity (Wildman–Crippen MR) is 95.3 cm³/mol. The fourth-order valence-corrected chi connectivity index (χ4v) is 3.91. The lowest BCUT2D eigenvalue weighted by atomic mass is 10.1. The van der Waals surface area contributed by atoms with Gasteiger partial charge in [0.25, 0.3) is 5.91 Å². The van der Waals surface area contributed by atoms with Gasteiger partial charge in [-0.15, -0.1) is 0 Å². The highest BCUT2D eigenvalue weighted by molar-refractivity contribution is 7.11. The molecule has 1 aliphatic heterocycles. The van der Waals surface area contributed by atoms with Crippen LogP contribution in [0.4, 0.5) is 0 Å². The van der Waals surface area contributed by atoms with Crippen molar-refractivity contribution in [3.8, 4) is 5.88 Å². The number of aryl methyl sites for hydroxylation is 1. The minimum atomic E-state index is -0.430. The van der Waals surface area contributed by atoms with Crippen LogP contribution >= 0.6 is 11.3 Å². The first-order valence-corrected chi connectivity index (χ1v) is 8.57. The Morgan fingerprint density at radius 3 is 2.72 bits per heavy atom. The number of thiazole rings is 1. The van der Waals surface area contributed by atoms with Gasteiger partial charge in [-0.05, 0) is 18.6 Å². The lowest BCUT2D eigenvalue weighted by molar-refractivity contribution is -0.112. The van der Waals surface area contributed by atoms with Crippen molar-refractivity contribution in [3.63, 3.8) is 0 Å². The molecule has 0 saturated heterocycles. The predicted octanol–water partition coefficient (Wildman–Crippen LogP) is 1.33. The van der Waals surface area contributed by atoms with Gasteiger partial charge in [0.1, 0.15) is 4.88 Å². The second-order valence-electron chi connectivity index (χ2n) is 5.91. The van der Waals surface area contributed by atoms with Gasteiger partial charge in [0.2, 0.25) is 5.88 Å². The number of carbonyl (C=O) groups excluding carboxylic acids is 1. The Bertz CT molecular complexity index is 1190. The SMILES string of the molecule is Cc1cccc(Cn2c(O)c(C3=c4ccccc4=NC3=O)sc2=O)c1. The van der Waals surface area contributed by atoms with E-state index in [1.54, 1.807) is 24.3 Å². The van der Waals surface area contributed by atoms with E-state index in [0.29, 0.717) is 10.6 Å². The molecule has 0 fully saturated rings. The number of aromatic hydroxyl groups is 1. The lowest BCUT2D eigenvalue weighted by Gasteiger charge is -2.05. The molecule has 0 spiro atoms. The van der Waals surface area contributed by atoms with Gasteiger partial charge in [-0.25, -0.2) is 4.99 Å². The smallest absolute Gasteiger partial charge is 0.310 e. The number of amides is 1. The Morgan fingerprint density at radius 2 is 1.92 bits per heavy atom. The summed E-state index contributed by atoms with van der Waals surface area (Å²) >= 11 is 0.869. The van der Waals surface area contributed by atoms with Crippen LogP contribution in [0.5, 0.6) is 5.88 Å². The molecule has 5 nitrogen and oxygen atoms in total. The minimum absolute atomic E-state index is 0.188. The van der Waals surface area contributed by atoms with Gasteiger partial charge in [0, 0.05) is 5.22 Å². The van der Waals surface area contributed by atoms with E-state index >= 15 is 0 Å². The zero-order valence-electron chi connectivity index (χ0n) is 13.4. The van der Waals surface area contributed by atoms with Gasteiger partial charge in [-0.3, -0.25) is 14.2 Å². The summed E-state index contributed by atoms with van der Waals surface area (Å²) in [5.74, 6) is -0.618. The number of para-hydroxylation sites is 1. The maximum absolute atomic E-state index is 12.4. The molecular weight excluding hydrogens is 336 g/mol. The summed E-state index contributed by atoms with van der Waals surface area (Å²) in [7, 11) is 0. The molecule has 2 heterocycles. The monoisotopic (exact) mass is 350 g/mol. The van der Waals surface area contributed by atoms with Gasteiger partial charge >= 0.3 is 4.87 Å². The molecule has 1 aliphatic rings. The number of hydrogen-bond donors (Lipinski definition) is 1. The van der Waals surface area contributed by atoms with Crippen LogP contribution in [0, 0.1) is 6.92 Å². The first-order chi connectivity index (χ1) is 12.0. The molecule has 1 aromatic heterocycles. The van der Waals surface area contributed by atoms with Crippen molar-refractivity contribution >= 4 is 22.8 Å². The normalized spacial score (nSPS) is 13.0. The summed E-state index contributed by atoms with van der Waals surface area (Å²) < 4.78 is 1.29. The molecule has 4 rings (SSSR count). The quantitative estimate of drug-likeness (QED) is 0.775. The van der Waals surface area contributed by atoms with Crippen molar-refractivity contribution in [1.29, 1.82) is 0 Å². The first kappa shape index (κ1) is 15.5. The van der Waals surface area contributed by atoms with Crippen LogP contribution in [-0.2, 0) is 11.3 Å². The standard InChI is InChI=1S/C19H14N2O3S/c1-11-5-4-6-12(9-11)10-21-18(23)16(25-19(21)24)15-13-7-2-3-8-14(13)20-17(15)22/h2-9,23H,10H2,1H3. The molecule has 2 aromatic carbocycles. The number of fused-ring (bicyclic) bond motifs is 1. The second-order valence-corrected chi connectivity index (χ2v) is 6.87. The second kappa shape index (κ2) is 5.82. The van der Waals surface area contributed by atoms with Crippen molar-refractivity contribution in [1.82, 2.24) is 4.57 Å². The number of aromatic nitrogens is 1. The molecule has 0 unspecified atom stereocenters. The molecule has 0 atom stereocenters. The van der Waals surface area contributed by atoms with Gasteiger partial charge in [0.05, 0.1) is 17.5 Å². The van der Waals surface area contributed by atoms with E-state index in [2.05, 4.69) is 4.99 Å². The zero-order valence-corrected chi connectivity index (χ0v) is 14.2. The minimum Gasteiger partial charge on any atom is -0.493 e. The largest absolute Gasteiger partial charge is 0.493 e. The van der Waals surface area contributed by atoms with Crippen LogP contribution in [-0.4, -0.2) is 15.6 Å². The molecule has 1 amide bonds. The fraction of sp³-hybridized carbons (Fsp3) is 0.105. The van der Waals surface area contributed by atoms with Crippen LogP contribution in [0.15, 0.2) is 58.3 Å². The van der Waals surface area contributed by atoms with E-state index in [0.717, 1.165) is 22.5 Å². The van der Waals surface area contributed by atoms with Gasteiger partial charge in [-0.1, -0.05) is 59.4 Å². The number of carbonyl (C=O) groups is 1.